The summed E-state index contributed by atoms with van der Waals surface area (Å²) >= 11 is 0. The molecule has 11 heteroatoms. The Labute approximate surface area is 168 Å². The second-order valence-electron chi connectivity index (χ2n) is 6.01. The number of anilines is 2. The summed E-state index contributed by atoms with van der Waals surface area (Å²) < 4.78 is 60.2. The fraction of sp³-hybridized carbons (Fsp3) is 0.278. The molecular weight excluding hydrogens is 404 g/mol. The van der Waals surface area contributed by atoms with Crippen LogP contribution in [0.3, 0.4) is 0 Å². The largest absolute Gasteiger partial charge is 0.492 e. The minimum atomic E-state index is -3.77. The number of nitrogens with one attached hydrogen (secondary N) is 1. The first-order chi connectivity index (χ1) is 13.7. The van der Waals surface area contributed by atoms with E-state index in [4.69, 9.17) is 16.3 Å². The number of halogens is 2. The fourth-order valence-corrected chi connectivity index (χ4v) is 3.59. The maximum Gasteiger partial charge on any atom is 0.232 e. The van der Waals surface area contributed by atoms with E-state index in [1.807, 2.05) is 0 Å². The number of pyridine rings is 1. The van der Waals surface area contributed by atoms with Crippen LogP contribution in [0, 0.1) is 11.6 Å². The maximum atomic E-state index is 14.8. The number of sulfonamides is 1. The van der Waals surface area contributed by atoms with Crippen molar-refractivity contribution < 1.29 is 21.9 Å². The summed E-state index contributed by atoms with van der Waals surface area (Å²) in [5.74, 6) is 3.89. The molecule has 0 aliphatic heterocycles. The lowest BCUT2D eigenvalue weighted by Crippen LogP contribution is -2.28. The van der Waals surface area contributed by atoms with Crippen LogP contribution in [0.1, 0.15) is 25.8 Å². The molecule has 0 saturated heterocycles. The quantitative estimate of drug-likeness (QED) is 0.415. The van der Waals surface area contributed by atoms with Crippen LogP contribution in [-0.2, 0) is 10.0 Å². The highest BCUT2D eigenvalue weighted by atomic mass is 32.2. The molecule has 29 heavy (non-hydrogen) atoms. The molecule has 0 fully saturated rings. The third kappa shape index (κ3) is 5.78. The Balaban J connectivity index is 2.37. The zero-order valence-corrected chi connectivity index (χ0v) is 16.8. The van der Waals surface area contributed by atoms with Gasteiger partial charge in [-0.05, 0) is 31.5 Å². The average Bonchev–Trinajstić information content (AvgIpc) is 2.64. The Kier molecular flexibility index (Phi) is 7.35. The molecule has 2 rings (SSSR count). The van der Waals surface area contributed by atoms with Crippen molar-refractivity contribution >= 4 is 27.1 Å². The molecule has 0 atom stereocenters. The number of hydrazine groups is 1. The topological polar surface area (TPSA) is 124 Å². The highest BCUT2D eigenvalue weighted by Gasteiger charge is 2.20. The van der Waals surface area contributed by atoms with Gasteiger partial charge in [0, 0.05) is 18.0 Å². The van der Waals surface area contributed by atoms with Gasteiger partial charge in [-0.3, -0.25) is 14.7 Å². The van der Waals surface area contributed by atoms with Gasteiger partial charge in [-0.25, -0.2) is 23.0 Å². The lowest BCUT2D eigenvalue weighted by molar-refractivity contribution is 0.339. The van der Waals surface area contributed by atoms with Crippen LogP contribution < -0.4 is 26.0 Å². The van der Waals surface area contributed by atoms with Crippen LogP contribution in [0.5, 0.6) is 5.75 Å². The number of hydrogen-bond donors (Lipinski definition) is 3. The first kappa shape index (κ1) is 22.4. The predicted molar refractivity (Wildman–Crippen MR) is 108 cm³/mol. The summed E-state index contributed by atoms with van der Waals surface area (Å²) in [6.45, 7) is 3.89. The molecule has 2 aromatic rings. The molecule has 0 amide bonds. The monoisotopic (exact) mass is 427 g/mol. The van der Waals surface area contributed by atoms with E-state index >= 15 is 0 Å². The first-order valence-electron chi connectivity index (χ1n) is 8.76. The number of rotatable bonds is 9. The Morgan fingerprint density at radius 1 is 1.31 bits per heavy atom. The number of aromatic nitrogens is 1. The SMILES string of the molecule is CCCS(=O)(=O)Nc1ccc(F)c(N(N)/C=C(\N)c2cncc(OCC)c2)c1F. The number of nitrogens with two attached hydrogens (primary N) is 2. The first-order valence-corrected chi connectivity index (χ1v) is 10.4. The fourth-order valence-electron chi connectivity index (χ4n) is 2.46. The third-order valence-corrected chi connectivity index (χ3v) is 5.18. The molecule has 0 aliphatic rings. The Morgan fingerprint density at radius 3 is 2.69 bits per heavy atom. The zero-order chi connectivity index (χ0) is 21.6. The third-order valence-electron chi connectivity index (χ3n) is 3.70. The Morgan fingerprint density at radius 2 is 2.03 bits per heavy atom. The average molecular weight is 427 g/mol. The van der Waals surface area contributed by atoms with Gasteiger partial charge >= 0.3 is 0 Å². The highest BCUT2D eigenvalue weighted by molar-refractivity contribution is 7.92. The van der Waals surface area contributed by atoms with Gasteiger partial charge in [0.05, 0.1) is 29.9 Å². The van der Waals surface area contributed by atoms with E-state index in [9.17, 15) is 17.2 Å². The van der Waals surface area contributed by atoms with Crippen molar-refractivity contribution in [3.8, 4) is 5.75 Å². The molecular formula is C18H23F2N5O3S. The molecule has 5 N–H and O–H groups in total. The van der Waals surface area contributed by atoms with Gasteiger partial charge in [-0.2, -0.15) is 0 Å². The summed E-state index contributed by atoms with van der Waals surface area (Å²) in [5, 5.41) is 0.644. The summed E-state index contributed by atoms with van der Waals surface area (Å²) in [5.41, 5.74) is 5.37. The van der Waals surface area contributed by atoms with Crippen molar-refractivity contribution in [3.05, 3.63) is 54.0 Å². The second-order valence-corrected chi connectivity index (χ2v) is 7.85. The van der Waals surface area contributed by atoms with Crippen LogP contribution in [-0.4, -0.2) is 25.8 Å². The van der Waals surface area contributed by atoms with Gasteiger partial charge in [-0.15, -0.1) is 0 Å². The molecule has 0 unspecified atom stereocenters. The van der Waals surface area contributed by atoms with E-state index in [2.05, 4.69) is 9.71 Å². The van der Waals surface area contributed by atoms with Crippen LogP contribution in [0.15, 0.2) is 36.8 Å². The standard InChI is InChI=1S/C18H23F2N5O3S/c1-3-7-29(26,27)24-16-6-5-14(19)18(17(16)20)25(22)11-15(21)12-8-13(28-4-2)10-23-9-12/h5-6,8-11,24H,3-4,7,21-22H2,1-2H3/b15-11-. The minimum Gasteiger partial charge on any atom is -0.492 e. The number of benzene rings is 1. The van der Waals surface area contributed by atoms with E-state index in [0.717, 1.165) is 18.3 Å². The van der Waals surface area contributed by atoms with Gasteiger partial charge in [0.2, 0.25) is 10.0 Å². The van der Waals surface area contributed by atoms with Crippen LogP contribution in [0.25, 0.3) is 5.70 Å². The molecule has 1 aromatic carbocycles. The summed E-state index contributed by atoms with van der Waals surface area (Å²) in [7, 11) is -3.77. The molecule has 0 spiro atoms. The highest BCUT2D eigenvalue weighted by Crippen LogP contribution is 2.29. The number of nitrogens with zero attached hydrogens (tertiary/aromatic N) is 2. The maximum absolute atomic E-state index is 14.8. The summed E-state index contributed by atoms with van der Waals surface area (Å²) in [6.07, 6.45) is 4.36. The van der Waals surface area contributed by atoms with E-state index in [0.29, 0.717) is 29.3 Å². The molecule has 0 bridgehead atoms. The number of ether oxygens (including phenoxy) is 1. The molecule has 1 aromatic heterocycles. The van der Waals surface area contributed by atoms with Gasteiger partial charge in [0.15, 0.2) is 11.6 Å². The van der Waals surface area contributed by atoms with Crippen molar-refractivity contribution in [2.75, 3.05) is 22.1 Å². The molecule has 158 valence electrons. The lowest BCUT2D eigenvalue weighted by atomic mass is 10.2. The van der Waals surface area contributed by atoms with Gasteiger partial charge in [-0.1, -0.05) is 6.92 Å². The van der Waals surface area contributed by atoms with Gasteiger partial charge in [0.1, 0.15) is 11.4 Å². The van der Waals surface area contributed by atoms with Crippen molar-refractivity contribution in [2.45, 2.75) is 20.3 Å². The van der Waals surface area contributed by atoms with E-state index in [1.54, 1.807) is 19.9 Å². The van der Waals surface area contributed by atoms with Crippen LogP contribution >= 0.6 is 0 Å². The number of hydrogen-bond acceptors (Lipinski definition) is 7. The predicted octanol–water partition coefficient (Wildman–Crippen LogP) is 2.55. The second kappa shape index (κ2) is 9.52. The van der Waals surface area contributed by atoms with Crippen LogP contribution in [0.4, 0.5) is 20.2 Å². The lowest BCUT2D eigenvalue weighted by Gasteiger charge is -2.19. The van der Waals surface area contributed by atoms with Gasteiger partial charge in [0.25, 0.3) is 0 Å². The van der Waals surface area contributed by atoms with E-state index < -0.39 is 33.0 Å². The van der Waals surface area contributed by atoms with Crippen molar-refractivity contribution in [2.24, 2.45) is 11.6 Å². The molecule has 0 aliphatic carbocycles. The summed E-state index contributed by atoms with van der Waals surface area (Å²) in [4.78, 5) is 3.98. The normalized spacial score (nSPS) is 12.0. The van der Waals surface area contributed by atoms with Crippen molar-refractivity contribution in [1.29, 1.82) is 0 Å². The molecule has 1 heterocycles. The molecule has 0 saturated carbocycles. The minimum absolute atomic E-state index is 0.0670. The Hall–Kier alpha value is -2.92. The molecule has 0 radical (unpaired) electrons. The Bertz CT molecular complexity index is 999. The van der Waals surface area contributed by atoms with Crippen molar-refractivity contribution in [1.82, 2.24) is 4.98 Å². The van der Waals surface area contributed by atoms with Crippen LogP contribution in [0.2, 0.25) is 0 Å². The van der Waals surface area contributed by atoms with Crippen molar-refractivity contribution in [3.63, 3.8) is 0 Å². The smallest absolute Gasteiger partial charge is 0.232 e. The van der Waals surface area contributed by atoms with E-state index in [-0.39, 0.29) is 11.4 Å². The summed E-state index contributed by atoms with van der Waals surface area (Å²) in [6, 6.07) is 3.49. The van der Waals surface area contributed by atoms with Gasteiger partial charge < -0.3 is 10.5 Å². The molecule has 8 nitrogen and oxygen atoms in total. The van der Waals surface area contributed by atoms with E-state index in [1.165, 1.54) is 12.4 Å². The zero-order valence-electron chi connectivity index (χ0n) is 16.0.